The van der Waals surface area contributed by atoms with E-state index in [4.69, 9.17) is 0 Å². The number of hydrogen-bond donors (Lipinski definition) is 1. The molecule has 4 saturated carbocycles. The number of rotatable bonds is 6. The van der Waals surface area contributed by atoms with Crippen molar-refractivity contribution in [1.82, 2.24) is 9.62 Å². The molecule has 0 radical (unpaired) electrons. The van der Waals surface area contributed by atoms with Crippen LogP contribution in [0.25, 0.3) is 0 Å². The fourth-order valence-corrected chi connectivity index (χ4v) is 9.02. The van der Waals surface area contributed by atoms with Crippen LogP contribution in [-0.2, 0) is 16.4 Å². The van der Waals surface area contributed by atoms with Gasteiger partial charge in [-0.1, -0.05) is 12.1 Å². The molecule has 0 spiro atoms. The third kappa shape index (κ3) is 3.52. The number of hydrogen-bond acceptors (Lipinski definition) is 3. The van der Waals surface area contributed by atoms with E-state index < -0.39 is 14.8 Å². The van der Waals surface area contributed by atoms with Gasteiger partial charge in [-0.3, -0.25) is 0 Å². The van der Waals surface area contributed by atoms with Gasteiger partial charge in [-0.05, 0) is 93.4 Å². The number of nitrogens with one attached hydrogen (secondary N) is 1. The molecule has 5 aliphatic rings. The molecular formula is C22H31FN2O2S. The van der Waals surface area contributed by atoms with Crippen molar-refractivity contribution in [3.8, 4) is 0 Å². The zero-order valence-electron chi connectivity index (χ0n) is 16.4. The molecule has 4 nitrogen and oxygen atoms in total. The molecule has 6 rings (SSSR count). The third-order valence-corrected chi connectivity index (χ3v) is 10.1. The highest BCUT2D eigenvalue weighted by molar-refractivity contribution is 7.90. The van der Waals surface area contributed by atoms with Crippen molar-refractivity contribution in [2.45, 2.75) is 62.2 Å². The summed E-state index contributed by atoms with van der Waals surface area (Å²) in [6.07, 6.45) is 8.18. The first kappa shape index (κ1) is 19.0. The molecular weight excluding hydrogens is 375 g/mol. The second-order valence-corrected chi connectivity index (χ2v) is 12.0. The van der Waals surface area contributed by atoms with Gasteiger partial charge in [-0.15, -0.1) is 0 Å². The summed E-state index contributed by atoms with van der Waals surface area (Å²) in [4.78, 5) is 2.33. The topological polar surface area (TPSA) is 49.4 Å². The lowest BCUT2D eigenvalue weighted by Crippen LogP contribution is -2.59. The van der Waals surface area contributed by atoms with E-state index in [-0.39, 0.29) is 11.9 Å². The van der Waals surface area contributed by atoms with Gasteiger partial charge in [0.2, 0.25) is 10.0 Å². The van der Waals surface area contributed by atoms with E-state index in [2.05, 4.69) is 9.62 Å². The van der Waals surface area contributed by atoms with Crippen LogP contribution in [0.15, 0.2) is 24.3 Å². The summed E-state index contributed by atoms with van der Waals surface area (Å²) in [6.45, 7) is 2.60. The van der Waals surface area contributed by atoms with Gasteiger partial charge in [0.1, 0.15) is 5.82 Å². The van der Waals surface area contributed by atoms with Crippen molar-refractivity contribution >= 4 is 10.0 Å². The first-order valence-electron chi connectivity index (χ1n) is 10.9. The first-order valence-corrected chi connectivity index (χ1v) is 12.4. The van der Waals surface area contributed by atoms with E-state index in [1.54, 1.807) is 0 Å². The van der Waals surface area contributed by atoms with Gasteiger partial charge in [0.05, 0.1) is 4.75 Å². The molecule has 6 heteroatoms. The molecule has 1 atom stereocenters. The summed E-state index contributed by atoms with van der Waals surface area (Å²) in [5.74, 6) is 1.71. The molecule has 1 heterocycles. The summed E-state index contributed by atoms with van der Waals surface area (Å²) in [5, 5.41) is 0. The number of benzene rings is 1. The SMILES string of the molecule is O=S(=O)(NC1CCN(CCc2ccc(F)cc2)C1)C12CC3CC(CC(C3)C1)C2. The predicted molar refractivity (Wildman–Crippen MR) is 108 cm³/mol. The van der Waals surface area contributed by atoms with Gasteiger partial charge >= 0.3 is 0 Å². The molecule has 154 valence electrons. The Balaban J connectivity index is 1.18. The molecule has 0 amide bonds. The summed E-state index contributed by atoms with van der Waals surface area (Å²) in [6, 6.07) is 6.70. The molecule has 0 aromatic heterocycles. The van der Waals surface area contributed by atoms with Crippen LogP contribution in [0.4, 0.5) is 4.39 Å². The van der Waals surface area contributed by atoms with E-state index in [0.29, 0.717) is 17.8 Å². The maximum absolute atomic E-state index is 13.4. The van der Waals surface area contributed by atoms with Crippen LogP contribution in [0, 0.1) is 23.6 Å². The minimum Gasteiger partial charge on any atom is -0.301 e. The first-order chi connectivity index (χ1) is 13.4. The number of nitrogens with zero attached hydrogens (tertiary/aromatic N) is 1. The molecule has 1 aliphatic heterocycles. The van der Waals surface area contributed by atoms with Crippen LogP contribution in [0.5, 0.6) is 0 Å². The van der Waals surface area contributed by atoms with E-state index >= 15 is 0 Å². The van der Waals surface area contributed by atoms with E-state index in [9.17, 15) is 12.8 Å². The summed E-state index contributed by atoms with van der Waals surface area (Å²) in [7, 11) is -3.28. The zero-order valence-corrected chi connectivity index (χ0v) is 17.3. The highest BCUT2D eigenvalue weighted by atomic mass is 32.2. The van der Waals surface area contributed by atoms with E-state index in [1.807, 2.05) is 12.1 Å². The molecule has 1 unspecified atom stereocenters. The lowest BCUT2D eigenvalue weighted by Gasteiger charge is -2.55. The van der Waals surface area contributed by atoms with Crippen molar-refractivity contribution in [2.24, 2.45) is 17.8 Å². The normalized spacial score (nSPS) is 37.6. The Morgan fingerprint density at radius 3 is 2.25 bits per heavy atom. The van der Waals surface area contributed by atoms with Gasteiger partial charge in [0.15, 0.2) is 0 Å². The Bertz CT molecular complexity index is 788. The fraction of sp³-hybridized carbons (Fsp3) is 0.727. The average molecular weight is 407 g/mol. The van der Waals surface area contributed by atoms with Crippen molar-refractivity contribution in [3.63, 3.8) is 0 Å². The van der Waals surface area contributed by atoms with E-state index in [1.165, 1.54) is 31.4 Å². The molecule has 1 saturated heterocycles. The number of likely N-dealkylation sites (tertiary alicyclic amines) is 1. The molecule has 4 aliphatic carbocycles. The highest BCUT2D eigenvalue weighted by Gasteiger charge is 2.57. The van der Waals surface area contributed by atoms with Gasteiger partial charge in [-0.2, -0.15) is 0 Å². The molecule has 28 heavy (non-hydrogen) atoms. The number of sulfonamides is 1. The Morgan fingerprint density at radius 2 is 1.64 bits per heavy atom. The molecule has 5 fully saturated rings. The van der Waals surface area contributed by atoms with Crippen LogP contribution >= 0.6 is 0 Å². The lowest BCUT2D eigenvalue weighted by atomic mass is 9.56. The zero-order chi connectivity index (χ0) is 19.4. The largest absolute Gasteiger partial charge is 0.301 e. The quantitative estimate of drug-likeness (QED) is 0.788. The molecule has 4 bridgehead atoms. The Hall–Kier alpha value is -0.980. The highest BCUT2D eigenvalue weighted by Crippen LogP contribution is 2.58. The Morgan fingerprint density at radius 1 is 1.04 bits per heavy atom. The van der Waals surface area contributed by atoms with Crippen molar-refractivity contribution in [3.05, 3.63) is 35.6 Å². The standard InChI is InChI=1S/C22H31FN2O2S/c23-20-3-1-16(2-4-20)5-7-25-8-6-21(15-25)24-28(26,27)22-12-17-9-18(13-22)11-19(10-17)14-22/h1-4,17-19,21,24H,5-15H2. The number of halogens is 1. The predicted octanol–water partition coefficient (Wildman–Crippen LogP) is 3.33. The van der Waals surface area contributed by atoms with Crippen molar-refractivity contribution < 1.29 is 12.8 Å². The Kier molecular flexibility index (Phi) is 4.80. The van der Waals surface area contributed by atoms with Crippen molar-refractivity contribution in [2.75, 3.05) is 19.6 Å². The third-order valence-electron chi connectivity index (χ3n) is 7.78. The van der Waals surface area contributed by atoms with Crippen molar-refractivity contribution in [1.29, 1.82) is 0 Å². The molecule has 1 aromatic carbocycles. The Labute approximate surface area is 167 Å². The minimum atomic E-state index is -3.28. The average Bonchev–Trinajstić information content (AvgIpc) is 3.07. The maximum atomic E-state index is 13.4. The molecule has 1 aromatic rings. The molecule has 1 N–H and O–H groups in total. The smallest absolute Gasteiger partial charge is 0.217 e. The van der Waals surface area contributed by atoms with Crippen LogP contribution in [0.3, 0.4) is 0 Å². The summed E-state index contributed by atoms with van der Waals surface area (Å²) < 4.78 is 42.5. The van der Waals surface area contributed by atoms with Crippen LogP contribution in [0.2, 0.25) is 0 Å². The van der Waals surface area contributed by atoms with Gasteiger partial charge in [0, 0.05) is 19.1 Å². The second kappa shape index (κ2) is 7.06. The summed E-state index contributed by atoms with van der Waals surface area (Å²) in [5.41, 5.74) is 1.12. The second-order valence-electron chi connectivity index (χ2n) is 9.88. The monoisotopic (exact) mass is 406 g/mol. The van der Waals surface area contributed by atoms with Gasteiger partial charge in [-0.25, -0.2) is 17.5 Å². The van der Waals surface area contributed by atoms with E-state index in [0.717, 1.165) is 57.3 Å². The van der Waals surface area contributed by atoms with Gasteiger partial charge in [0.25, 0.3) is 0 Å². The summed E-state index contributed by atoms with van der Waals surface area (Å²) >= 11 is 0. The minimum absolute atomic E-state index is 0.0335. The van der Waals surface area contributed by atoms with Crippen LogP contribution in [0.1, 0.15) is 50.5 Å². The fourth-order valence-electron chi connectivity index (χ4n) is 6.77. The lowest BCUT2D eigenvalue weighted by molar-refractivity contribution is 0.0332. The van der Waals surface area contributed by atoms with Crippen LogP contribution in [-0.4, -0.2) is 43.7 Å². The van der Waals surface area contributed by atoms with Gasteiger partial charge < -0.3 is 4.90 Å². The maximum Gasteiger partial charge on any atom is 0.217 e. The van der Waals surface area contributed by atoms with Crippen LogP contribution < -0.4 is 4.72 Å².